The number of aryl methyl sites for hydroxylation is 2. The molecule has 5 heteroatoms. The summed E-state index contributed by atoms with van der Waals surface area (Å²) in [6.07, 6.45) is 4.72. The van der Waals surface area contributed by atoms with Gasteiger partial charge in [0, 0.05) is 10.9 Å². The lowest BCUT2D eigenvalue weighted by Gasteiger charge is -2.34. The maximum atomic E-state index is 6.17. The smallest absolute Gasteiger partial charge is 0.227 e. The fourth-order valence-electron chi connectivity index (χ4n) is 2.24. The second-order valence-corrected chi connectivity index (χ2v) is 6.06. The lowest BCUT2D eigenvalue weighted by Crippen LogP contribution is -2.44. The van der Waals surface area contributed by atoms with Crippen molar-refractivity contribution >= 4 is 15.9 Å². The SMILES string of the molecule is NC1(c2noc(CCc3ccc(Br)cc3)n2)CCC1. The Bertz CT molecular complexity index is 560. The van der Waals surface area contributed by atoms with Crippen LogP contribution in [0.25, 0.3) is 0 Å². The molecule has 1 saturated carbocycles. The van der Waals surface area contributed by atoms with Gasteiger partial charge in [0.25, 0.3) is 0 Å². The van der Waals surface area contributed by atoms with E-state index in [-0.39, 0.29) is 5.54 Å². The zero-order valence-corrected chi connectivity index (χ0v) is 12.2. The average Bonchev–Trinajstić information content (AvgIpc) is 2.84. The van der Waals surface area contributed by atoms with E-state index >= 15 is 0 Å². The Balaban J connectivity index is 1.63. The minimum Gasteiger partial charge on any atom is -0.339 e. The summed E-state index contributed by atoms with van der Waals surface area (Å²) in [6, 6.07) is 8.27. The third-order valence-corrected chi connectivity index (χ3v) is 4.23. The van der Waals surface area contributed by atoms with Crippen molar-refractivity contribution in [3.05, 3.63) is 46.0 Å². The molecule has 0 unspecified atom stereocenters. The van der Waals surface area contributed by atoms with Crippen molar-refractivity contribution in [2.75, 3.05) is 0 Å². The van der Waals surface area contributed by atoms with E-state index in [1.165, 1.54) is 5.56 Å². The number of hydrogen-bond acceptors (Lipinski definition) is 4. The van der Waals surface area contributed by atoms with E-state index in [9.17, 15) is 0 Å². The zero-order valence-electron chi connectivity index (χ0n) is 10.6. The largest absolute Gasteiger partial charge is 0.339 e. The molecular weight excluding hydrogens is 306 g/mol. The van der Waals surface area contributed by atoms with Crippen LogP contribution in [0.2, 0.25) is 0 Å². The van der Waals surface area contributed by atoms with Crippen molar-refractivity contribution in [1.82, 2.24) is 10.1 Å². The van der Waals surface area contributed by atoms with Crippen molar-refractivity contribution in [1.29, 1.82) is 0 Å². The molecule has 3 rings (SSSR count). The van der Waals surface area contributed by atoms with Gasteiger partial charge in [-0.2, -0.15) is 4.98 Å². The van der Waals surface area contributed by atoms with Crippen molar-refractivity contribution in [3.8, 4) is 0 Å². The van der Waals surface area contributed by atoms with E-state index in [0.717, 1.165) is 36.6 Å². The fraction of sp³-hybridized carbons (Fsp3) is 0.429. The monoisotopic (exact) mass is 321 g/mol. The van der Waals surface area contributed by atoms with Crippen LogP contribution >= 0.6 is 15.9 Å². The lowest BCUT2D eigenvalue weighted by molar-refractivity contribution is 0.229. The van der Waals surface area contributed by atoms with Crippen LogP contribution in [-0.2, 0) is 18.4 Å². The first-order valence-electron chi connectivity index (χ1n) is 6.52. The maximum absolute atomic E-state index is 6.17. The molecule has 1 aliphatic rings. The highest BCUT2D eigenvalue weighted by atomic mass is 79.9. The third kappa shape index (κ3) is 2.72. The molecule has 1 aromatic heterocycles. The van der Waals surface area contributed by atoms with Crippen LogP contribution in [0.1, 0.15) is 36.5 Å². The molecule has 0 atom stereocenters. The molecule has 2 aromatic rings. The fourth-order valence-corrected chi connectivity index (χ4v) is 2.51. The molecule has 1 aromatic carbocycles. The van der Waals surface area contributed by atoms with Gasteiger partial charge in [-0.15, -0.1) is 0 Å². The van der Waals surface area contributed by atoms with E-state index in [1.54, 1.807) is 0 Å². The van der Waals surface area contributed by atoms with Gasteiger partial charge in [0.15, 0.2) is 5.82 Å². The first-order valence-corrected chi connectivity index (χ1v) is 7.31. The third-order valence-electron chi connectivity index (χ3n) is 3.70. The molecule has 4 nitrogen and oxygen atoms in total. The van der Waals surface area contributed by atoms with Gasteiger partial charge in [0.05, 0.1) is 5.54 Å². The maximum Gasteiger partial charge on any atom is 0.227 e. The number of nitrogens with two attached hydrogens (primary N) is 1. The van der Waals surface area contributed by atoms with Gasteiger partial charge < -0.3 is 10.3 Å². The standard InChI is InChI=1S/C14H16BrN3O/c15-11-5-2-10(3-6-11)4-7-12-17-13(18-19-12)14(16)8-1-9-14/h2-3,5-6H,1,4,7-9,16H2. The normalized spacial score (nSPS) is 17.2. The molecule has 2 N–H and O–H groups in total. The summed E-state index contributed by atoms with van der Waals surface area (Å²) in [6.45, 7) is 0. The van der Waals surface area contributed by atoms with Gasteiger partial charge in [0.1, 0.15) is 0 Å². The molecule has 1 fully saturated rings. The van der Waals surface area contributed by atoms with E-state index < -0.39 is 0 Å². The van der Waals surface area contributed by atoms with Crippen LogP contribution in [0, 0.1) is 0 Å². The average molecular weight is 322 g/mol. The summed E-state index contributed by atoms with van der Waals surface area (Å²) in [4.78, 5) is 4.42. The van der Waals surface area contributed by atoms with Crippen molar-refractivity contribution in [3.63, 3.8) is 0 Å². The molecule has 0 saturated heterocycles. The van der Waals surface area contributed by atoms with Gasteiger partial charge in [-0.25, -0.2) is 0 Å². The second-order valence-electron chi connectivity index (χ2n) is 5.15. The molecular formula is C14H16BrN3O. The van der Waals surface area contributed by atoms with Crippen LogP contribution in [0.4, 0.5) is 0 Å². The quantitative estimate of drug-likeness (QED) is 0.940. The molecule has 1 aliphatic carbocycles. The topological polar surface area (TPSA) is 64.9 Å². The predicted octanol–water partition coefficient (Wildman–Crippen LogP) is 2.96. The zero-order chi connectivity index (χ0) is 13.3. The minimum atomic E-state index is -0.334. The van der Waals surface area contributed by atoms with Crippen LogP contribution in [0.15, 0.2) is 33.3 Å². The van der Waals surface area contributed by atoms with Crippen molar-refractivity contribution in [2.24, 2.45) is 5.73 Å². The highest BCUT2D eigenvalue weighted by Gasteiger charge is 2.38. The van der Waals surface area contributed by atoms with Gasteiger partial charge in [-0.05, 0) is 43.4 Å². The Morgan fingerprint density at radius 2 is 1.95 bits per heavy atom. The minimum absolute atomic E-state index is 0.334. The van der Waals surface area contributed by atoms with Crippen LogP contribution in [-0.4, -0.2) is 10.1 Å². The molecule has 1 heterocycles. The number of rotatable bonds is 4. The van der Waals surface area contributed by atoms with E-state index in [2.05, 4.69) is 38.2 Å². The van der Waals surface area contributed by atoms with Crippen molar-refractivity contribution in [2.45, 2.75) is 37.6 Å². The van der Waals surface area contributed by atoms with Crippen LogP contribution in [0.5, 0.6) is 0 Å². The molecule has 19 heavy (non-hydrogen) atoms. The Morgan fingerprint density at radius 3 is 2.58 bits per heavy atom. The first kappa shape index (κ1) is 12.8. The molecule has 0 aliphatic heterocycles. The molecule has 0 radical (unpaired) electrons. The Kier molecular flexibility index (Phi) is 3.41. The molecule has 0 amide bonds. The van der Waals surface area contributed by atoms with Gasteiger partial charge in [-0.3, -0.25) is 0 Å². The van der Waals surface area contributed by atoms with Crippen LogP contribution in [0.3, 0.4) is 0 Å². The van der Waals surface area contributed by atoms with Crippen LogP contribution < -0.4 is 5.73 Å². The summed E-state index contributed by atoms with van der Waals surface area (Å²) < 4.78 is 6.37. The Hall–Kier alpha value is -1.20. The second kappa shape index (κ2) is 5.06. The summed E-state index contributed by atoms with van der Waals surface area (Å²) in [5.41, 5.74) is 7.10. The Morgan fingerprint density at radius 1 is 1.21 bits per heavy atom. The Labute approximate surface area is 120 Å². The van der Waals surface area contributed by atoms with E-state index in [1.807, 2.05) is 12.1 Å². The summed E-state index contributed by atoms with van der Waals surface area (Å²) in [5.74, 6) is 1.35. The highest BCUT2D eigenvalue weighted by Crippen LogP contribution is 2.36. The highest BCUT2D eigenvalue weighted by molar-refractivity contribution is 9.10. The van der Waals surface area contributed by atoms with Crippen molar-refractivity contribution < 1.29 is 4.52 Å². The molecule has 0 bridgehead atoms. The summed E-state index contributed by atoms with van der Waals surface area (Å²) >= 11 is 3.43. The predicted molar refractivity (Wildman–Crippen MR) is 75.6 cm³/mol. The lowest BCUT2D eigenvalue weighted by atomic mass is 9.77. The number of nitrogens with zero attached hydrogens (tertiary/aromatic N) is 2. The van der Waals surface area contributed by atoms with Gasteiger partial charge in [0.2, 0.25) is 5.89 Å². The van der Waals surface area contributed by atoms with E-state index in [0.29, 0.717) is 11.7 Å². The summed E-state index contributed by atoms with van der Waals surface area (Å²) in [7, 11) is 0. The number of aromatic nitrogens is 2. The molecule has 100 valence electrons. The van der Waals surface area contributed by atoms with Gasteiger partial charge in [-0.1, -0.05) is 33.2 Å². The van der Waals surface area contributed by atoms with Gasteiger partial charge >= 0.3 is 0 Å². The number of hydrogen-bond donors (Lipinski definition) is 1. The summed E-state index contributed by atoms with van der Waals surface area (Å²) in [5, 5.41) is 4.02. The van der Waals surface area contributed by atoms with E-state index in [4.69, 9.17) is 10.3 Å². The number of benzene rings is 1. The molecule has 0 spiro atoms. The number of halogens is 1. The first-order chi connectivity index (χ1) is 9.16.